The van der Waals surface area contributed by atoms with Gasteiger partial charge in [0, 0.05) is 22.9 Å². The fourth-order valence-corrected chi connectivity index (χ4v) is 2.36. The van der Waals surface area contributed by atoms with Gasteiger partial charge in [0.15, 0.2) is 17.3 Å². The van der Waals surface area contributed by atoms with E-state index in [-0.39, 0.29) is 18.6 Å². The first kappa shape index (κ1) is 17.5. The number of Topliss-reactive ketones (excluding diaryl/α,β-unsaturated/α-hetero) is 1. The van der Waals surface area contributed by atoms with E-state index in [0.717, 1.165) is 0 Å². The summed E-state index contributed by atoms with van der Waals surface area (Å²) in [6, 6.07) is 3.35. The predicted octanol–water partition coefficient (Wildman–Crippen LogP) is 3.68. The zero-order valence-electron chi connectivity index (χ0n) is 12.1. The van der Waals surface area contributed by atoms with Crippen molar-refractivity contribution in [1.82, 2.24) is 0 Å². The van der Waals surface area contributed by atoms with Crippen molar-refractivity contribution >= 4 is 27.7 Å². The van der Waals surface area contributed by atoms with E-state index >= 15 is 0 Å². The number of carboxylic acids is 1. The van der Waals surface area contributed by atoms with Gasteiger partial charge in [0.25, 0.3) is 0 Å². The summed E-state index contributed by atoms with van der Waals surface area (Å²) in [5.74, 6) is 0.0770. The van der Waals surface area contributed by atoms with E-state index < -0.39 is 5.97 Å². The van der Waals surface area contributed by atoms with Crippen LogP contribution in [-0.2, 0) is 4.79 Å². The average molecular weight is 359 g/mol. The van der Waals surface area contributed by atoms with Crippen molar-refractivity contribution in [2.45, 2.75) is 33.1 Å². The number of carboxylic acid groups (broad SMARTS) is 1. The number of hydrogen-bond donors (Lipinski definition) is 1. The quantitative estimate of drug-likeness (QED) is 0.681. The standard InChI is InChI=1S/C15H19BrO5/c1-3-20-13-8-10(11(16)9-14(13)21-4-2)12(17)6-5-7-15(18)19/h8-9H,3-7H2,1-2H3,(H,18,19). The second kappa shape index (κ2) is 8.67. The summed E-state index contributed by atoms with van der Waals surface area (Å²) in [6.45, 7) is 4.69. The highest BCUT2D eigenvalue weighted by Gasteiger charge is 2.16. The lowest BCUT2D eigenvalue weighted by Gasteiger charge is -2.13. The monoisotopic (exact) mass is 358 g/mol. The fourth-order valence-electron chi connectivity index (χ4n) is 1.82. The summed E-state index contributed by atoms with van der Waals surface area (Å²) in [6.07, 6.45) is 0.487. The molecule has 116 valence electrons. The maximum Gasteiger partial charge on any atom is 0.303 e. The fraction of sp³-hybridized carbons (Fsp3) is 0.467. The Hall–Kier alpha value is -1.56. The van der Waals surface area contributed by atoms with Crippen LogP contribution in [0, 0.1) is 0 Å². The summed E-state index contributed by atoms with van der Waals surface area (Å²) in [5, 5.41) is 8.60. The van der Waals surface area contributed by atoms with Crippen LogP contribution in [0.15, 0.2) is 16.6 Å². The molecule has 0 unspecified atom stereocenters. The van der Waals surface area contributed by atoms with Crippen LogP contribution in [0.4, 0.5) is 0 Å². The summed E-state index contributed by atoms with van der Waals surface area (Å²) in [4.78, 5) is 22.6. The van der Waals surface area contributed by atoms with Gasteiger partial charge < -0.3 is 14.6 Å². The topological polar surface area (TPSA) is 72.8 Å². The highest BCUT2D eigenvalue weighted by molar-refractivity contribution is 9.10. The zero-order valence-corrected chi connectivity index (χ0v) is 13.7. The molecule has 0 bridgehead atoms. The number of rotatable bonds is 9. The number of ether oxygens (including phenoxy) is 2. The zero-order chi connectivity index (χ0) is 15.8. The molecule has 5 nitrogen and oxygen atoms in total. The van der Waals surface area contributed by atoms with Crippen LogP contribution in [0.25, 0.3) is 0 Å². The third-order valence-corrected chi connectivity index (χ3v) is 3.38. The number of ketones is 1. The van der Waals surface area contributed by atoms with E-state index in [1.165, 1.54) is 0 Å². The van der Waals surface area contributed by atoms with E-state index in [4.69, 9.17) is 14.6 Å². The minimum absolute atomic E-state index is 0.0152. The van der Waals surface area contributed by atoms with Gasteiger partial charge in [0.2, 0.25) is 0 Å². The lowest BCUT2D eigenvalue weighted by atomic mass is 10.0. The molecule has 0 radical (unpaired) electrons. The van der Waals surface area contributed by atoms with Crippen LogP contribution in [-0.4, -0.2) is 30.1 Å². The van der Waals surface area contributed by atoms with Crippen LogP contribution in [0.3, 0.4) is 0 Å². The molecule has 1 N–H and O–H groups in total. The Balaban J connectivity index is 2.93. The number of halogens is 1. The highest BCUT2D eigenvalue weighted by Crippen LogP contribution is 2.34. The van der Waals surface area contributed by atoms with Gasteiger partial charge in [-0.2, -0.15) is 0 Å². The van der Waals surface area contributed by atoms with Gasteiger partial charge in [-0.05, 0) is 48.3 Å². The molecule has 0 aromatic heterocycles. The molecule has 0 fully saturated rings. The van der Waals surface area contributed by atoms with Gasteiger partial charge in [0.1, 0.15) is 0 Å². The Morgan fingerprint density at radius 1 is 1.10 bits per heavy atom. The molecule has 6 heteroatoms. The SMILES string of the molecule is CCOc1cc(Br)c(C(=O)CCCC(=O)O)cc1OCC. The molecule has 0 saturated carbocycles. The summed E-state index contributed by atoms with van der Waals surface area (Å²) in [5.41, 5.74) is 0.479. The molecule has 0 spiro atoms. The van der Waals surface area contributed by atoms with Crippen molar-refractivity contribution in [2.24, 2.45) is 0 Å². The van der Waals surface area contributed by atoms with Gasteiger partial charge in [-0.15, -0.1) is 0 Å². The second-order valence-corrected chi connectivity index (χ2v) is 5.17. The normalized spacial score (nSPS) is 10.2. The summed E-state index contributed by atoms with van der Waals surface area (Å²) >= 11 is 3.35. The maximum absolute atomic E-state index is 12.2. The first-order chi connectivity index (χ1) is 9.99. The van der Waals surface area contributed by atoms with Crippen molar-refractivity contribution in [3.63, 3.8) is 0 Å². The molecular formula is C15H19BrO5. The molecule has 0 atom stereocenters. The third-order valence-electron chi connectivity index (χ3n) is 2.73. The van der Waals surface area contributed by atoms with Crippen LogP contribution in [0.2, 0.25) is 0 Å². The average Bonchev–Trinajstić information content (AvgIpc) is 2.41. The molecule has 21 heavy (non-hydrogen) atoms. The van der Waals surface area contributed by atoms with Crippen molar-refractivity contribution in [3.05, 3.63) is 22.2 Å². The van der Waals surface area contributed by atoms with Crippen molar-refractivity contribution in [1.29, 1.82) is 0 Å². The minimum Gasteiger partial charge on any atom is -0.490 e. The van der Waals surface area contributed by atoms with Gasteiger partial charge >= 0.3 is 5.97 Å². The molecule has 1 rings (SSSR count). The first-order valence-corrected chi connectivity index (χ1v) is 7.63. The van der Waals surface area contributed by atoms with E-state index in [0.29, 0.717) is 41.2 Å². The molecule has 1 aromatic rings. The minimum atomic E-state index is -0.899. The Kier molecular flexibility index (Phi) is 7.22. The Bertz CT molecular complexity index is 513. The highest BCUT2D eigenvalue weighted by atomic mass is 79.9. The Morgan fingerprint density at radius 3 is 2.19 bits per heavy atom. The summed E-state index contributed by atoms with van der Waals surface area (Å²) in [7, 11) is 0. The Morgan fingerprint density at radius 2 is 1.67 bits per heavy atom. The van der Waals surface area contributed by atoms with E-state index in [2.05, 4.69) is 15.9 Å². The number of hydrogen-bond acceptors (Lipinski definition) is 4. The van der Waals surface area contributed by atoms with Gasteiger partial charge in [-0.25, -0.2) is 0 Å². The lowest BCUT2D eigenvalue weighted by Crippen LogP contribution is -2.05. The van der Waals surface area contributed by atoms with Gasteiger partial charge in [-0.1, -0.05) is 0 Å². The first-order valence-electron chi connectivity index (χ1n) is 6.83. The molecule has 0 saturated heterocycles. The predicted molar refractivity (Wildman–Crippen MR) is 82.3 cm³/mol. The molecule has 0 heterocycles. The molecule has 0 aliphatic heterocycles. The van der Waals surface area contributed by atoms with Crippen LogP contribution < -0.4 is 9.47 Å². The lowest BCUT2D eigenvalue weighted by molar-refractivity contribution is -0.137. The third kappa shape index (κ3) is 5.38. The summed E-state index contributed by atoms with van der Waals surface area (Å²) < 4.78 is 11.6. The molecule has 0 aliphatic carbocycles. The van der Waals surface area contributed by atoms with Gasteiger partial charge in [-0.3, -0.25) is 9.59 Å². The van der Waals surface area contributed by atoms with Crippen molar-refractivity contribution < 1.29 is 24.2 Å². The van der Waals surface area contributed by atoms with Crippen molar-refractivity contribution in [3.8, 4) is 11.5 Å². The molecule has 1 aromatic carbocycles. The number of benzene rings is 1. The number of carbonyl (C=O) groups excluding carboxylic acids is 1. The second-order valence-electron chi connectivity index (χ2n) is 4.32. The number of carbonyl (C=O) groups is 2. The van der Waals surface area contributed by atoms with Crippen LogP contribution in [0.1, 0.15) is 43.5 Å². The maximum atomic E-state index is 12.2. The molecule has 0 aliphatic rings. The van der Waals surface area contributed by atoms with E-state index in [1.54, 1.807) is 12.1 Å². The van der Waals surface area contributed by atoms with Crippen molar-refractivity contribution in [2.75, 3.05) is 13.2 Å². The van der Waals surface area contributed by atoms with E-state index in [9.17, 15) is 9.59 Å². The van der Waals surface area contributed by atoms with Gasteiger partial charge in [0.05, 0.1) is 13.2 Å². The molecule has 0 amide bonds. The largest absolute Gasteiger partial charge is 0.490 e. The molecular weight excluding hydrogens is 340 g/mol. The van der Waals surface area contributed by atoms with Crippen LogP contribution in [0.5, 0.6) is 11.5 Å². The Labute approximate surface area is 132 Å². The number of aliphatic carboxylic acids is 1. The van der Waals surface area contributed by atoms with E-state index in [1.807, 2.05) is 13.8 Å². The van der Waals surface area contributed by atoms with Crippen LogP contribution >= 0.6 is 15.9 Å². The smallest absolute Gasteiger partial charge is 0.303 e.